The van der Waals surface area contributed by atoms with Crippen LogP contribution in [0, 0.1) is 11.8 Å². The topological polar surface area (TPSA) is 46.2 Å². The van der Waals surface area contributed by atoms with Gasteiger partial charge in [0.05, 0.1) is 3.79 Å². The van der Waals surface area contributed by atoms with Crippen molar-refractivity contribution in [3.05, 3.63) is 15.9 Å². The molecule has 1 aliphatic carbocycles. The highest BCUT2D eigenvalue weighted by molar-refractivity contribution is 9.11. The van der Waals surface area contributed by atoms with E-state index in [4.69, 9.17) is 0 Å². The largest absolute Gasteiger partial charge is 0.250 e. The van der Waals surface area contributed by atoms with Gasteiger partial charge in [-0.15, -0.1) is 11.3 Å². The van der Waals surface area contributed by atoms with Crippen molar-refractivity contribution in [2.75, 3.05) is 0 Å². The molecule has 1 saturated carbocycles. The Morgan fingerprint density at radius 1 is 1.33 bits per heavy atom. The fraction of sp³-hybridized carbons (Fsp3) is 0.667. The van der Waals surface area contributed by atoms with Gasteiger partial charge in [0.15, 0.2) is 0 Å². The van der Waals surface area contributed by atoms with Gasteiger partial charge in [0, 0.05) is 6.04 Å². The highest BCUT2D eigenvalue weighted by atomic mass is 79.9. The molecule has 1 heterocycles. The Labute approximate surface area is 121 Å². The molecular weight excluding hydrogens is 334 g/mol. The summed E-state index contributed by atoms with van der Waals surface area (Å²) in [5.74, 6) is 0.985. The Kier molecular flexibility index (Phi) is 4.52. The Morgan fingerprint density at radius 2 is 2.06 bits per heavy atom. The lowest BCUT2D eigenvalue weighted by atomic mass is 9.78. The molecule has 0 saturated heterocycles. The Bertz CT molecular complexity index is 512. The van der Waals surface area contributed by atoms with E-state index in [2.05, 4.69) is 34.5 Å². The van der Waals surface area contributed by atoms with Gasteiger partial charge >= 0.3 is 0 Å². The lowest BCUT2D eigenvalue weighted by Gasteiger charge is -2.34. The molecular formula is C12H18BrNO2S2. The second-order valence-electron chi connectivity index (χ2n) is 5.05. The SMILES string of the molecule is C[C@H]1[C@@H](NS(=O)(=O)c2ccc(Br)s2)CCC[C@@H]1C. The maximum Gasteiger partial charge on any atom is 0.250 e. The third kappa shape index (κ3) is 3.15. The standard InChI is InChI=1S/C12H18BrNO2S2/c1-8-4-3-5-10(9(8)2)14-18(15,16)12-7-6-11(13)17-12/h6-10,14H,3-5H2,1-2H3/t8-,9+,10-/m0/s1. The average molecular weight is 352 g/mol. The summed E-state index contributed by atoms with van der Waals surface area (Å²) in [6.07, 6.45) is 3.24. The molecule has 0 aromatic carbocycles. The minimum absolute atomic E-state index is 0.0691. The van der Waals surface area contributed by atoms with Crippen LogP contribution >= 0.6 is 27.3 Å². The molecule has 0 spiro atoms. The molecule has 1 aliphatic rings. The van der Waals surface area contributed by atoms with Crippen LogP contribution in [0.15, 0.2) is 20.1 Å². The van der Waals surface area contributed by atoms with E-state index in [1.165, 1.54) is 17.8 Å². The molecule has 6 heteroatoms. The summed E-state index contributed by atoms with van der Waals surface area (Å²) in [6.45, 7) is 4.34. The Morgan fingerprint density at radius 3 is 2.67 bits per heavy atom. The van der Waals surface area contributed by atoms with Gasteiger partial charge in [0.25, 0.3) is 0 Å². The van der Waals surface area contributed by atoms with Crippen LogP contribution in [0.1, 0.15) is 33.1 Å². The summed E-state index contributed by atoms with van der Waals surface area (Å²) in [5, 5.41) is 0. The molecule has 0 aliphatic heterocycles. The van der Waals surface area contributed by atoms with Crippen molar-refractivity contribution < 1.29 is 8.42 Å². The molecule has 0 unspecified atom stereocenters. The van der Waals surface area contributed by atoms with E-state index in [1.54, 1.807) is 12.1 Å². The Balaban J connectivity index is 2.13. The average Bonchev–Trinajstić information content (AvgIpc) is 2.72. The number of thiophene rings is 1. The molecule has 102 valence electrons. The summed E-state index contributed by atoms with van der Waals surface area (Å²) in [6, 6.07) is 3.49. The third-order valence-electron chi connectivity index (χ3n) is 3.83. The zero-order chi connectivity index (χ0) is 13.3. The van der Waals surface area contributed by atoms with Crippen LogP contribution < -0.4 is 4.72 Å². The van der Waals surface area contributed by atoms with E-state index in [0.717, 1.165) is 16.6 Å². The Hall–Kier alpha value is 0.0900. The minimum Gasteiger partial charge on any atom is -0.207 e. The first-order valence-corrected chi connectivity index (χ1v) is 9.27. The highest BCUT2D eigenvalue weighted by Crippen LogP contribution is 2.32. The highest BCUT2D eigenvalue weighted by Gasteiger charge is 2.31. The van der Waals surface area contributed by atoms with E-state index in [9.17, 15) is 8.42 Å². The van der Waals surface area contributed by atoms with Crippen LogP contribution in [0.3, 0.4) is 0 Å². The first kappa shape index (κ1) is 14.5. The monoisotopic (exact) mass is 351 g/mol. The lowest BCUT2D eigenvalue weighted by molar-refractivity contribution is 0.227. The number of nitrogens with one attached hydrogen (secondary N) is 1. The second-order valence-corrected chi connectivity index (χ2v) is 9.46. The number of sulfonamides is 1. The maximum absolute atomic E-state index is 12.2. The first-order valence-electron chi connectivity index (χ1n) is 6.18. The number of hydrogen-bond donors (Lipinski definition) is 1. The summed E-state index contributed by atoms with van der Waals surface area (Å²) < 4.78 is 28.6. The number of rotatable bonds is 3. The quantitative estimate of drug-likeness (QED) is 0.903. The zero-order valence-corrected chi connectivity index (χ0v) is 13.7. The van der Waals surface area contributed by atoms with Gasteiger partial charge in [-0.05, 0) is 46.3 Å². The summed E-state index contributed by atoms with van der Waals surface area (Å²) in [4.78, 5) is 0. The van der Waals surface area contributed by atoms with Crippen molar-refractivity contribution in [1.82, 2.24) is 4.72 Å². The molecule has 0 amide bonds. The van der Waals surface area contributed by atoms with E-state index in [-0.39, 0.29) is 6.04 Å². The van der Waals surface area contributed by atoms with Crippen molar-refractivity contribution >= 4 is 37.3 Å². The van der Waals surface area contributed by atoms with Gasteiger partial charge in [0.2, 0.25) is 10.0 Å². The lowest BCUT2D eigenvalue weighted by Crippen LogP contribution is -2.43. The van der Waals surface area contributed by atoms with Gasteiger partial charge in [-0.1, -0.05) is 26.7 Å². The van der Waals surface area contributed by atoms with Gasteiger partial charge in [-0.25, -0.2) is 13.1 Å². The van der Waals surface area contributed by atoms with Crippen LogP contribution in [0.4, 0.5) is 0 Å². The maximum atomic E-state index is 12.2. The molecule has 1 aromatic heterocycles. The molecule has 1 fully saturated rings. The fourth-order valence-electron chi connectivity index (χ4n) is 2.45. The number of halogens is 1. The summed E-state index contributed by atoms with van der Waals surface area (Å²) >= 11 is 4.55. The van der Waals surface area contributed by atoms with Crippen molar-refractivity contribution in [2.24, 2.45) is 11.8 Å². The molecule has 18 heavy (non-hydrogen) atoms. The smallest absolute Gasteiger partial charge is 0.207 e. The van der Waals surface area contributed by atoms with Crippen molar-refractivity contribution in [3.63, 3.8) is 0 Å². The second kappa shape index (κ2) is 5.61. The van der Waals surface area contributed by atoms with Crippen LogP contribution in [-0.4, -0.2) is 14.5 Å². The summed E-state index contributed by atoms with van der Waals surface area (Å²) in [5.41, 5.74) is 0. The van der Waals surface area contributed by atoms with Gasteiger partial charge in [-0.2, -0.15) is 0 Å². The number of hydrogen-bond acceptors (Lipinski definition) is 3. The fourth-order valence-corrected chi connectivity index (χ4v) is 5.84. The predicted molar refractivity (Wildman–Crippen MR) is 78.3 cm³/mol. The van der Waals surface area contributed by atoms with Crippen LogP contribution in [0.2, 0.25) is 0 Å². The summed E-state index contributed by atoms with van der Waals surface area (Å²) in [7, 11) is -3.36. The van der Waals surface area contributed by atoms with Crippen LogP contribution in [-0.2, 0) is 10.0 Å². The first-order chi connectivity index (χ1) is 8.40. The van der Waals surface area contributed by atoms with Crippen molar-refractivity contribution in [3.8, 4) is 0 Å². The van der Waals surface area contributed by atoms with Crippen molar-refractivity contribution in [1.29, 1.82) is 0 Å². The van der Waals surface area contributed by atoms with Gasteiger partial charge in [-0.3, -0.25) is 0 Å². The van der Waals surface area contributed by atoms with Gasteiger partial charge in [0.1, 0.15) is 4.21 Å². The predicted octanol–water partition coefficient (Wildman–Crippen LogP) is 3.61. The third-order valence-corrected chi connectivity index (χ3v) is 7.43. The zero-order valence-electron chi connectivity index (χ0n) is 10.5. The molecule has 0 radical (unpaired) electrons. The minimum atomic E-state index is -3.36. The van der Waals surface area contributed by atoms with E-state index in [1.807, 2.05) is 0 Å². The molecule has 1 N–H and O–H groups in total. The van der Waals surface area contributed by atoms with Gasteiger partial charge < -0.3 is 0 Å². The molecule has 1 aromatic rings. The van der Waals surface area contributed by atoms with E-state index < -0.39 is 10.0 Å². The molecule has 3 atom stereocenters. The van der Waals surface area contributed by atoms with E-state index in [0.29, 0.717) is 16.0 Å². The van der Waals surface area contributed by atoms with Crippen LogP contribution in [0.5, 0.6) is 0 Å². The van der Waals surface area contributed by atoms with E-state index >= 15 is 0 Å². The molecule has 0 bridgehead atoms. The molecule has 2 rings (SSSR count). The van der Waals surface area contributed by atoms with Crippen LogP contribution in [0.25, 0.3) is 0 Å². The van der Waals surface area contributed by atoms with Crippen molar-refractivity contribution in [2.45, 2.75) is 43.4 Å². The normalized spacial score (nSPS) is 29.4. The molecule has 3 nitrogen and oxygen atoms in total.